The SMILES string of the molecule is O=C(Cc1ccc(C2=[N+](O)c3ccccc3C2=O)cc1)CS(=O)(=O)c1ccc(Cl)s1. The van der Waals surface area contributed by atoms with Crippen molar-refractivity contribution in [1.29, 1.82) is 0 Å². The molecule has 1 aliphatic rings. The predicted molar refractivity (Wildman–Crippen MR) is 113 cm³/mol. The van der Waals surface area contributed by atoms with Crippen LogP contribution >= 0.6 is 22.9 Å². The first-order chi connectivity index (χ1) is 14.3. The molecule has 9 heteroatoms. The van der Waals surface area contributed by atoms with Crippen molar-refractivity contribution >= 4 is 55.7 Å². The number of sulfone groups is 1. The number of carbonyl (C=O) groups excluding carboxylic acids is 2. The third-order valence-electron chi connectivity index (χ3n) is 4.64. The molecule has 6 nitrogen and oxygen atoms in total. The maximum absolute atomic E-state index is 12.6. The summed E-state index contributed by atoms with van der Waals surface area (Å²) in [5.74, 6) is -1.35. The van der Waals surface area contributed by atoms with Crippen molar-refractivity contribution in [1.82, 2.24) is 0 Å². The maximum atomic E-state index is 12.6. The van der Waals surface area contributed by atoms with E-state index in [-0.39, 0.29) is 22.1 Å². The number of halogens is 1. The summed E-state index contributed by atoms with van der Waals surface area (Å²) in [5, 5.41) is 10.4. The van der Waals surface area contributed by atoms with Crippen LogP contribution in [0.25, 0.3) is 0 Å². The second-order valence-electron chi connectivity index (χ2n) is 6.74. The quantitative estimate of drug-likeness (QED) is 0.447. The third kappa shape index (κ3) is 3.81. The summed E-state index contributed by atoms with van der Waals surface area (Å²) in [4.78, 5) is 24.9. The molecule has 152 valence electrons. The van der Waals surface area contributed by atoms with Gasteiger partial charge in [-0.2, -0.15) is 0 Å². The van der Waals surface area contributed by atoms with E-state index in [0.717, 1.165) is 16.1 Å². The van der Waals surface area contributed by atoms with Gasteiger partial charge in [-0.15, -0.1) is 11.3 Å². The zero-order valence-corrected chi connectivity index (χ0v) is 17.8. The lowest BCUT2D eigenvalue weighted by molar-refractivity contribution is -0.710. The number of thiophene rings is 1. The van der Waals surface area contributed by atoms with Crippen molar-refractivity contribution in [2.45, 2.75) is 10.6 Å². The molecule has 30 heavy (non-hydrogen) atoms. The summed E-state index contributed by atoms with van der Waals surface area (Å²) in [6, 6.07) is 16.1. The number of nitrogens with zero attached hydrogens (tertiary/aromatic N) is 1. The average molecular weight is 461 g/mol. The number of ketones is 2. The molecule has 0 saturated heterocycles. The molecule has 0 unspecified atom stereocenters. The molecular formula is C21H15ClNO5S2+. The standard InChI is InChI=1S/C21H15ClNO5S2/c22-18-9-10-19(29-18)30(27,28)12-15(24)11-13-5-7-14(8-6-13)20-21(25)16-3-1-2-4-17(16)23(20)26/h1-10,26H,11-12H2/q+1. The number of hydrogen-bond acceptors (Lipinski definition) is 6. The zero-order chi connectivity index (χ0) is 21.5. The molecule has 1 N–H and O–H groups in total. The van der Waals surface area contributed by atoms with Crippen LogP contribution in [-0.4, -0.2) is 41.4 Å². The molecule has 2 aromatic carbocycles. The first-order valence-electron chi connectivity index (χ1n) is 8.85. The molecule has 0 bridgehead atoms. The van der Waals surface area contributed by atoms with Crippen LogP contribution in [0.4, 0.5) is 5.69 Å². The highest BCUT2D eigenvalue weighted by Crippen LogP contribution is 2.28. The molecule has 0 fully saturated rings. The number of carbonyl (C=O) groups is 2. The lowest BCUT2D eigenvalue weighted by Gasteiger charge is -2.03. The van der Waals surface area contributed by atoms with Gasteiger partial charge in [-0.25, -0.2) is 8.42 Å². The van der Waals surface area contributed by atoms with E-state index >= 15 is 0 Å². The van der Waals surface area contributed by atoms with Gasteiger partial charge in [-0.05, 0) is 35.9 Å². The van der Waals surface area contributed by atoms with Gasteiger partial charge in [0.25, 0.3) is 11.5 Å². The minimum Gasteiger partial charge on any atom is -0.298 e. The monoisotopic (exact) mass is 460 g/mol. The van der Waals surface area contributed by atoms with Gasteiger partial charge in [0.1, 0.15) is 15.5 Å². The number of para-hydroxylation sites is 1. The molecule has 0 radical (unpaired) electrons. The topological polar surface area (TPSA) is 91.5 Å². The molecular weight excluding hydrogens is 446 g/mol. The van der Waals surface area contributed by atoms with Gasteiger partial charge in [0.15, 0.2) is 15.6 Å². The smallest absolute Gasteiger partial charge is 0.298 e. The molecule has 2 heterocycles. The fourth-order valence-electron chi connectivity index (χ4n) is 3.26. The van der Waals surface area contributed by atoms with Crippen LogP contribution in [0, 0.1) is 0 Å². The van der Waals surface area contributed by atoms with Crippen molar-refractivity contribution < 1.29 is 28.0 Å². The Morgan fingerprint density at radius 3 is 2.37 bits per heavy atom. The number of Topliss-reactive ketones (excluding diaryl/α,β-unsaturated/α-hetero) is 2. The van der Waals surface area contributed by atoms with Crippen LogP contribution < -0.4 is 0 Å². The van der Waals surface area contributed by atoms with Crippen molar-refractivity contribution in [2.24, 2.45) is 0 Å². The van der Waals surface area contributed by atoms with E-state index in [4.69, 9.17) is 11.6 Å². The van der Waals surface area contributed by atoms with E-state index in [1.54, 1.807) is 48.5 Å². The number of benzene rings is 2. The summed E-state index contributed by atoms with van der Waals surface area (Å²) in [6.45, 7) is 0. The Morgan fingerprint density at radius 1 is 1.03 bits per heavy atom. The van der Waals surface area contributed by atoms with Gasteiger partial charge in [-0.3, -0.25) is 14.8 Å². The minimum absolute atomic E-state index is 0.0645. The van der Waals surface area contributed by atoms with Crippen molar-refractivity contribution in [2.75, 3.05) is 5.75 Å². The highest BCUT2D eigenvalue weighted by molar-refractivity contribution is 7.94. The van der Waals surface area contributed by atoms with E-state index < -0.39 is 21.4 Å². The van der Waals surface area contributed by atoms with E-state index in [1.807, 2.05) is 0 Å². The third-order valence-corrected chi connectivity index (χ3v) is 8.13. The number of hydrogen-bond donors (Lipinski definition) is 1. The van der Waals surface area contributed by atoms with Crippen LogP contribution in [0.15, 0.2) is 64.9 Å². The summed E-state index contributed by atoms with van der Waals surface area (Å²) in [5.41, 5.74) is 2.06. The molecule has 0 aliphatic carbocycles. The molecule has 1 aromatic heterocycles. The summed E-state index contributed by atoms with van der Waals surface area (Å²) < 4.78 is 25.9. The van der Waals surface area contributed by atoms with E-state index in [0.29, 0.717) is 26.7 Å². The Hall–Kier alpha value is -2.81. The Kier molecular flexibility index (Phi) is 5.31. The Morgan fingerprint density at radius 2 is 1.73 bits per heavy atom. The lowest BCUT2D eigenvalue weighted by atomic mass is 10.0. The Balaban J connectivity index is 1.49. The predicted octanol–water partition coefficient (Wildman–Crippen LogP) is 3.71. The maximum Gasteiger partial charge on any atom is 0.313 e. The fraction of sp³-hybridized carbons (Fsp3) is 0.0952. The molecule has 0 spiro atoms. The minimum atomic E-state index is -3.73. The highest BCUT2D eigenvalue weighted by atomic mass is 35.5. The van der Waals surface area contributed by atoms with E-state index in [9.17, 15) is 23.2 Å². The van der Waals surface area contributed by atoms with Crippen molar-refractivity contribution in [3.05, 3.63) is 81.7 Å². The Bertz CT molecular complexity index is 1310. The highest BCUT2D eigenvalue weighted by Gasteiger charge is 2.40. The average Bonchev–Trinajstić information content (AvgIpc) is 3.25. The van der Waals surface area contributed by atoms with Crippen LogP contribution in [0.3, 0.4) is 0 Å². The summed E-state index contributed by atoms with van der Waals surface area (Å²) in [6.07, 6.45) is -0.0645. The molecule has 0 atom stereocenters. The fourth-order valence-corrected chi connectivity index (χ4v) is 6.07. The second-order valence-corrected chi connectivity index (χ2v) is 10.7. The first-order valence-corrected chi connectivity index (χ1v) is 11.7. The molecule has 1 aliphatic heterocycles. The molecule has 0 saturated carbocycles. The number of fused-ring (bicyclic) bond motifs is 1. The van der Waals surface area contributed by atoms with Gasteiger partial charge in [0.2, 0.25) is 0 Å². The first kappa shape index (κ1) is 20.5. The molecule has 3 aromatic rings. The van der Waals surface area contributed by atoms with Gasteiger partial charge in [0.05, 0.1) is 9.90 Å². The number of rotatable bonds is 6. The van der Waals surface area contributed by atoms with Gasteiger partial charge in [-0.1, -0.05) is 35.9 Å². The van der Waals surface area contributed by atoms with Gasteiger partial charge >= 0.3 is 5.71 Å². The van der Waals surface area contributed by atoms with E-state index in [1.165, 1.54) is 12.1 Å². The van der Waals surface area contributed by atoms with Crippen LogP contribution in [0.2, 0.25) is 4.34 Å². The van der Waals surface area contributed by atoms with Gasteiger partial charge in [0, 0.05) is 17.2 Å². The summed E-state index contributed by atoms with van der Waals surface area (Å²) in [7, 11) is -3.73. The largest absolute Gasteiger partial charge is 0.313 e. The van der Waals surface area contributed by atoms with Crippen molar-refractivity contribution in [3.63, 3.8) is 0 Å². The van der Waals surface area contributed by atoms with Crippen LogP contribution in [0.5, 0.6) is 0 Å². The molecule has 0 amide bonds. The summed E-state index contributed by atoms with van der Waals surface area (Å²) >= 11 is 6.69. The van der Waals surface area contributed by atoms with Gasteiger partial charge < -0.3 is 0 Å². The van der Waals surface area contributed by atoms with Crippen LogP contribution in [-0.2, 0) is 21.1 Å². The molecule has 4 rings (SSSR count). The zero-order valence-electron chi connectivity index (χ0n) is 15.4. The Labute approximate surface area is 181 Å². The normalized spacial score (nSPS) is 13.6. The van der Waals surface area contributed by atoms with Crippen LogP contribution in [0.1, 0.15) is 21.5 Å². The second kappa shape index (κ2) is 7.79. The lowest BCUT2D eigenvalue weighted by Crippen LogP contribution is -2.18. The van der Waals surface area contributed by atoms with Crippen molar-refractivity contribution in [3.8, 4) is 0 Å². The van der Waals surface area contributed by atoms with E-state index in [2.05, 4.69) is 0 Å².